The van der Waals surface area contributed by atoms with Gasteiger partial charge in [-0.05, 0) is 30.5 Å². The van der Waals surface area contributed by atoms with Gasteiger partial charge in [0, 0.05) is 25.4 Å². The number of carbonyl (C=O) groups is 2. The van der Waals surface area contributed by atoms with Gasteiger partial charge in [-0.25, -0.2) is 0 Å². The second-order valence-corrected chi connectivity index (χ2v) is 7.11. The van der Waals surface area contributed by atoms with Crippen LogP contribution in [0.3, 0.4) is 0 Å². The molecule has 1 aromatic heterocycles. The van der Waals surface area contributed by atoms with Gasteiger partial charge in [0.2, 0.25) is 11.8 Å². The molecule has 2 amide bonds. The number of anilines is 1. The molecule has 1 aliphatic rings. The summed E-state index contributed by atoms with van der Waals surface area (Å²) in [5, 5.41) is 2.11. The molecule has 0 bridgehead atoms. The minimum absolute atomic E-state index is 0.00746. The number of fused-ring (bicyclic) bond motifs is 1. The molecule has 0 N–H and O–H groups in total. The predicted molar refractivity (Wildman–Crippen MR) is 104 cm³/mol. The summed E-state index contributed by atoms with van der Waals surface area (Å²) in [5.74, 6) is 1.20. The van der Waals surface area contributed by atoms with Crippen LogP contribution in [-0.2, 0) is 16.1 Å². The Balaban J connectivity index is 1.52. The van der Waals surface area contributed by atoms with Crippen molar-refractivity contribution in [1.29, 1.82) is 0 Å². The van der Waals surface area contributed by atoms with Gasteiger partial charge in [0.25, 0.3) is 0 Å². The maximum absolute atomic E-state index is 12.8. The molecule has 2 heterocycles. The molecule has 27 heavy (non-hydrogen) atoms. The topological polar surface area (TPSA) is 53.8 Å². The highest BCUT2D eigenvalue weighted by molar-refractivity contribution is 6.06. The zero-order chi connectivity index (χ0) is 19.0. The summed E-state index contributed by atoms with van der Waals surface area (Å²) in [6.45, 7) is 2.70. The van der Waals surface area contributed by atoms with E-state index in [9.17, 15) is 9.59 Å². The minimum atomic E-state index is -0.336. The first-order valence-corrected chi connectivity index (χ1v) is 9.11. The van der Waals surface area contributed by atoms with Crippen LogP contribution in [0.25, 0.3) is 10.8 Å². The van der Waals surface area contributed by atoms with Gasteiger partial charge in [-0.2, -0.15) is 0 Å². The number of hydrogen-bond donors (Lipinski definition) is 0. The maximum atomic E-state index is 12.8. The number of furan rings is 1. The summed E-state index contributed by atoms with van der Waals surface area (Å²) in [4.78, 5) is 28.9. The number of aryl methyl sites for hydroxylation is 1. The van der Waals surface area contributed by atoms with Crippen molar-refractivity contribution in [2.75, 3.05) is 18.5 Å². The van der Waals surface area contributed by atoms with Crippen LogP contribution in [0.2, 0.25) is 0 Å². The monoisotopic (exact) mass is 362 g/mol. The molecule has 4 rings (SSSR count). The van der Waals surface area contributed by atoms with Crippen LogP contribution in [0.1, 0.15) is 17.9 Å². The maximum Gasteiger partial charge on any atom is 0.228 e. The molecule has 5 heteroatoms. The Kier molecular flexibility index (Phi) is 4.44. The highest BCUT2D eigenvalue weighted by Gasteiger charge is 2.37. The first-order valence-electron chi connectivity index (χ1n) is 9.11. The van der Waals surface area contributed by atoms with Gasteiger partial charge in [-0.1, -0.05) is 36.4 Å². The highest BCUT2D eigenvalue weighted by Crippen LogP contribution is 2.32. The predicted octanol–water partition coefficient (Wildman–Crippen LogP) is 3.75. The second-order valence-electron chi connectivity index (χ2n) is 7.11. The van der Waals surface area contributed by atoms with Crippen molar-refractivity contribution < 1.29 is 14.0 Å². The first kappa shape index (κ1) is 17.3. The standard InChI is InChI=1S/C22H22N2O3/c1-15-10-11-18(27-15)14-23(2)22(26)17-12-21(25)24(13-17)20-9-5-7-16-6-3-4-8-19(16)20/h3-11,17H,12-14H2,1-2H3. The van der Waals surface area contributed by atoms with Crippen LogP contribution < -0.4 is 4.90 Å². The third-order valence-electron chi connectivity index (χ3n) is 5.10. The highest BCUT2D eigenvalue weighted by atomic mass is 16.3. The van der Waals surface area contributed by atoms with Gasteiger partial charge < -0.3 is 14.2 Å². The Morgan fingerprint density at radius 1 is 1.15 bits per heavy atom. The number of hydrogen-bond acceptors (Lipinski definition) is 3. The van der Waals surface area contributed by atoms with E-state index in [1.165, 1.54) is 0 Å². The van der Waals surface area contributed by atoms with Crippen molar-refractivity contribution in [1.82, 2.24) is 4.90 Å². The third kappa shape index (κ3) is 3.33. The van der Waals surface area contributed by atoms with Gasteiger partial charge in [-0.3, -0.25) is 9.59 Å². The van der Waals surface area contributed by atoms with Gasteiger partial charge in [-0.15, -0.1) is 0 Å². The van der Waals surface area contributed by atoms with E-state index >= 15 is 0 Å². The van der Waals surface area contributed by atoms with Crippen molar-refractivity contribution in [3.63, 3.8) is 0 Å². The molecule has 0 saturated carbocycles. The lowest BCUT2D eigenvalue weighted by Crippen LogP contribution is -2.34. The number of benzene rings is 2. The normalized spacial score (nSPS) is 16.9. The van der Waals surface area contributed by atoms with Crippen LogP contribution in [-0.4, -0.2) is 30.3 Å². The molecule has 1 atom stereocenters. The van der Waals surface area contributed by atoms with E-state index in [1.54, 1.807) is 16.8 Å². The minimum Gasteiger partial charge on any atom is -0.464 e. The van der Waals surface area contributed by atoms with Crippen molar-refractivity contribution in [2.45, 2.75) is 19.9 Å². The van der Waals surface area contributed by atoms with E-state index in [1.807, 2.05) is 61.5 Å². The van der Waals surface area contributed by atoms with Crippen molar-refractivity contribution in [2.24, 2.45) is 5.92 Å². The fourth-order valence-electron chi connectivity index (χ4n) is 3.74. The van der Waals surface area contributed by atoms with Crippen molar-refractivity contribution >= 4 is 28.3 Å². The molecule has 0 radical (unpaired) electrons. The molecular formula is C22H22N2O3. The van der Waals surface area contributed by atoms with Gasteiger partial charge in [0.05, 0.1) is 18.2 Å². The van der Waals surface area contributed by atoms with E-state index in [2.05, 4.69) is 0 Å². The zero-order valence-electron chi connectivity index (χ0n) is 15.5. The molecule has 5 nitrogen and oxygen atoms in total. The van der Waals surface area contributed by atoms with E-state index in [-0.39, 0.29) is 24.2 Å². The SMILES string of the molecule is Cc1ccc(CN(C)C(=O)C2CC(=O)N(c3cccc4ccccc34)C2)o1. The van der Waals surface area contributed by atoms with Gasteiger partial charge in [0.15, 0.2) is 0 Å². The Bertz CT molecular complexity index is 1000. The lowest BCUT2D eigenvalue weighted by Gasteiger charge is -2.21. The molecule has 1 fully saturated rings. The van der Waals surface area contributed by atoms with E-state index in [4.69, 9.17) is 4.42 Å². The van der Waals surface area contributed by atoms with E-state index in [0.29, 0.717) is 13.1 Å². The molecule has 0 aliphatic carbocycles. The Hall–Kier alpha value is -3.08. The smallest absolute Gasteiger partial charge is 0.228 e. The van der Waals surface area contributed by atoms with E-state index < -0.39 is 0 Å². The van der Waals surface area contributed by atoms with Crippen LogP contribution in [0.15, 0.2) is 59.0 Å². The fourth-order valence-corrected chi connectivity index (χ4v) is 3.74. The largest absolute Gasteiger partial charge is 0.464 e. The summed E-state index contributed by atoms with van der Waals surface area (Å²) in [7, 11) is 1.76. The Morgan fingerprint density at radius 3 is 2.70 bits per heavy atom. The molecule has 1 saturated heterocycles. The summed E-state index contributed by atoms with van der Waals surface area (Å²) < 4.78 is 5.56. The number of amides is 2. The molecular weight excluding hydrogens is 340 g/mol. The molecule has 3 aromatic rings. The van der Waals surface area contributed by atoms with Crippen LogP contribution in [0, 0.1) is 12.8 Å². The molecule has 1 unspecified atom stereocenters. The van der Waals surface area contributed by atoms with Crippen LogP contribution in [0.5, 0.6) is 0 Å². The average Bonchev–Trinajstić information content (AvgIpc) is 3.26. The Labute approximate surface area is 158 Å². The number of carbonyl (C=O) groups excluding carboxylic acids is 2. The number of rotatable bonds is 4. The molecule has 2 aromatic carbocycles. The van der Waals surface area contributed by atoms with Crippen LogP contribution >= 0.6 is 0 Å². The summed E-state index contributed by atoms with van der Waals surface area (Å²) in [6, 6.07) is 17.7. The van der Waals surface area contributed by atoms with Crippen molar-refractivity contribution in [3.8, 4) is 0 Å². The van der Waals surface area contributed by atoms with Gasteiger partial charge in [0.1, 0.15) is 11.5 Å². The summed E-state index contributed by atoms with van der Waals surface area (Å²) >= 11 is 0. The molecule has 138 valence electrons. The van der Waals surface area contributed by atoms with Gasteiger partial charge >= 0.3 is 0 Å². The van der Waals surface area contributed by atoms with Crippen LogP contribution in [0.4, 0.5) is 5.69 Å². The second kappa shape index (κ2) is 6.91. The first-order chi connectivity index (χ1) is 13.0. The number of nitrogens with zero attached hydrogens (tertiary/aromatic N) is 2. The van der Waals surface area contributed by atoms with Crippen molar-refractivity contribution in [3.05, 3.63) is 66.1 Å². The zero-order valence-corrected chi connectivity index (χ0v) is 15.5. The lowest BCUT2D eigenvalue weighted by atomic mass is 10.1. The summed E-state index contributed by atoms with van der Waals surface area (Å²) in [5.41, 5.74) is 0.873. The average molecular weight is 362 g/mol. The molecule has 0 spiro atoms. The summed E-state index contributed by atoms with van der Waals surface area (Å²) in [6.07, 6.45) is 0.240. The third-order valence-corrected chi connectivity index (χ3v) is 5.10. The molecule has 1 aliphatic heterocycles. The Morgan fingerprint density at radius 2 is 1.93 bits per heavy atom. The van der Waals surface area contributed by atoms with E-state index in [0.717, 1.165) is 28.0 Å². The lowest BCUT2D eigenvalue weighted by molar-refractivity contribution is -0.135. The quantitative estimate of drug-likeness (QED) is 0.710. The fraction of sp³-hybridized carbons (Fsp3) is 0.273.